The Morgan fingerprint density at radius 1 is 1.29 bits per heavy atom. The predicted molar refractivity (Wildman–Crippen MR) is 88.9 cm³/mol. The topological polar surface area (TPSA) is 110 Å². The summed E-state index contributed by atoms with van der Waals surface area (Å²) in [5.41, 5.74) is 2.87. The Morgan fingerprint density at radius 3 is 2.96 bits per heavy atom. The molecule has 0 aliphatic carbocycles. The molecule has 0 radical (unpaired) electrons. The summed E-state index contributed by atoms with van der Waals surface area (Å²) in [4.78, 5) is 24.5. The molecule has 8 nitrogen and oxygen atoms in total. The van der Waals surface area contributed by atoms with E-state index >= 15 is 0 Å². The fourth-order valence-corrected chi connectivity index (χ4v) is 3.18. The van der Waals surface area contributed by atoms with E-state index in [4.69, 9.17) is 4.42 Å². The fourth-order valence-electron chi connectivity index (χ4n) is 2.34. The van der Waals surface area contributed by atoms with E-state index in [0.717, 1.165) is 26.6 Å². The minimum atomic E-state index is -0.334. The lowest BCUT2D eigenvalue weighted by Crippen LogP contribution is -2.12. The van der Waals surface area contributed by atoms with Gasteiger partial charge in [0.2, 0.25) is 0 Å². The number of rotatable bonds is 3. The van der Waals surface area contributed by atoms with Crippen molar-refractivity contribution in [2.75, 3.05) is 5.32 Å². The number of H-pyrrole nitrogens is 1. The van der Waals surface area contributed by atoms with Crippen LogP contribution in [0.25, 0.3) is 21.8 Å². The first-order chi connectivity index (χ1) is 11.6. The molecule has 4 rings (SSSR count). The van der Waals surface area contributed by atoms with Gasteiger partial charge in [-0.05, 0) is 32.0 Å². The van der Waals surface area contributed by atoms with Gasteiger partial charge in [-0.2, -0.15) is 0 Å². The Balaban J connectivity index is 1.57. The molecule has 3 heterocycles. The highest BCUT2D eigenvalue weighted by Gasteiger charge is 2.17. The normalized spacial score (nSPS) is 11.1. The summed E-state index contributed by atoms with van der Waals surface area (Å²) < 4.78 is 5.52. The van der Waals surface area contributed by atoms with Gasteiger partial charge in [-0.3, -0.25) is 10.1 Å². The Morgan fingerprint density at radius 2 is 2.17 bits per heavy atom. The second-order valence-electron chi connectivity index (χ2n) is 5.15. The number of thiazole rings is 1. The first-order valence-electron chi connectivity index (χ1n) is 7.12. The number of aromatic nitrogens is 5. The number of carbonyl (C=O) groups excluding carboxylic acids is 1. The molecular weight excluding hydrogens is 328 g/mol. The van der Waals surface area contributed by atoms with Crippen molar-refractivity contribution in [1.82, 2.24) is 25.1 Å². The molecule has 0 saturated heterocycles. The van der Waals surface area contributed by atoms with Crippen molar-refractivity contribution in [2.24, 2.45) is 0 Å². The van der Waals surface area contributed by atoms with Crippen LogP contribution in [0.2, 0.25) is 0 Å². The van der Waals surface area contributed by atoms with Crippen LogP contribution >= 0.6 is 11.3 Å². The number of nitrogens with zero attached hydrogens (tertiary/aromatic N) is 4. The number of benzene rings is 1. The van der Waals surface area contributed by atoms with E-state index in [1.165, 1.54) is 11.3 Å². The predicted octanol–water partition coefficient (Wildman–Crippen LogP) is 2.94. The first kappa shape index (κ1) is 14.5. The molecule has 9 heteroatoms. The van der Waals surface area contributed by atoms with Crippen LogP contribution in [0.5, 0.6) is 0 Å². The number of carbonyl (C=O) groups is 1. The molecule has 2 N–H and O–H groups in total. The van der Waals surface area contributed by atoms with E-state index in [1.807, 2.05) is 13.8 Å². The molecule has 0 atom stereocenters. The van der Waals surface area contributed by atoms with Crippen LogP contribution in [-0.4, -0.2) is 31.1 Å². The molecular formula is C15H12N6O2S. The number of nitrogens with one attached hydrogen (secondary N) is 2. The van der Waals surface area contributed by atoms with Crippen molar-refractivity contribution in [2.45, 2.75) is 13.8 Å². The van der Waals surface area contributed by atoms with Gasteiger partial charge in [-0.25, -0.2) is 9.97 Å². The SMILES string of the molecule is Cc1nc(C)c(-c2nnc(NC(=O)c3ccc4nc[nH]c4c3)o2)s1. The average molecular weight is 340 g/mol. The molecule has 0 fully saturated rings. The van der Waals surface area contributed by atoms with Gasteiger partial charge in [0.25, 0.3) is 11.8 Å². The molecule has 120 valence electrons. The van der Waals surface area contributed by atoms with Gasteiger partial charge in [-0.15, -0.1) is 16.4 Å². The molecule has 0 aliphatic rings. The summed E-state index contributed by atoms with van der Waals surface area (Å²) in [5, 5.41) is 11.4. The lowest BCUT2D eigenvalue weighted by molar-refractivity contribution is 0.102. The number of amides is 1. The van der Waals surface area contributed by atoms with Crippen molar-refractivity contribution in [3.63, 3.8) is 0 Å². The monoisotopic (exact) mass is 340 g/mol. The standard InChI is InChI=1S/C15H12N6O2S/c1-7-12(24-8(2)18-7)14-20-21-15(23-14)19-13(22)9-3-4-10-11(5-9)17-6-16-10/h3-6H,1-2H3,(H,16,17)(H,19,21,22). The highest BCUT2D eigenvalue weighted by molar-refractivity contribution is 7.15. The lowest BCUT2D eigenvalue weighted by atomic mass is 10.2. The van der Waals surface area contributed by atoms with Crippen LogP contribution in [0, 0.1) is 13.8 Å². The minimum Gasteiger partial charge on any atom is -0.402 e. The summed E-state index contributed by atoms with van der Waals surface area (Å²) >= 11 is 1.47. The van der Waals surface area contributed by atoms with E-state index in [1.54, 1.807) is 24.5 Å². The molecule has 24 heavy (non-hydrogen) atoms. The van der Waals surface area contributed by atoms with Crippen LogP contribution in [0.3, 0.4) is 0 Å². The fraction of sp³-hybridized carbons (Fsp3) is 0.133. The maximum Gasteiger partial charge on any atom is 0.322 e. The number of aryl methyl sites for hydroxylation is 2. The van der Waals surface area contributed by atoms with E-state index < -0.39 is 0 Å². The number of aromatic amines is 1. The van der Waals surface area contributed by atoms with Crippen molar-refractivity contribution >= 4 is 34.3 Å². The van der Waals surface area contributed by atoms with Crippen molar-refractivity contribution in [3.8, 4) is 10.8 Å². The third kappa shape index (κ3) is 2.54. The van der Waals surface area contributed by atoms with E-state index in [9.17, 15) is 4.79 Å². The number of imidazole rings is 1. The third-order valence-corrected chi connectivity index (χ3v) is 4.49. The van der Waals surface area contributed by atoms with Crippen molar-refractivity contribution in [1.29, 1.82) is 0 Å². The average Bonchev–Trinajstić information content (AvgIpc) is 3.26. The Hall–Kier alpha value is -3.07. The second kappa shape index (κ2) is 5.53. The Labute approximate surface area is 140 Å². The van der Waals surface area contributed by atoms with Crippen LogP contribution in [-0.2, 0) is 0 Å². The molecule has 0 unspecified atom stereocenters. The van der Waals surface area contributed by atoms with Gasteiger partial charge in [-0.1, -0.05) is 5.10 Å². The Bertz CT molecular complexity index is 1050. The van der Waals surface area contributed by atoms with E-state index in [-0.39, 0.29) is 11.9 Å². The molecule has 0 saturated carbocycles. The molecule has 0 aliphatic heterocycles. The van der Waals surface area contributed by atoms with Gasteiger partial charge in [0.1, 0.15) is 4.88 Å². The minimum absolute atomic E-state index is 0.0464. The highest BCUT2D eigenvalue weighted by atomic mass is 32.1. The van der Waals surface area contributed by atoms with Crippen molar-refractivity contribution in [3.05, 3.63) is 40.8 Å². The summed E-state index contributed by atoms with van der Waals surface area (Å²) in [6.07, 6.45) is 1.58. The van der Waals surface area contributed by atoms with Crippen LogP contribution in [0.15, 0.2) is 28.9 Å². The van der Waals surface area contributed by atoms with Crippen molar-refractivity contribution < 1.29 is 9.21 Å². The number of hydrogen-bond donors (Lipinski definition) is 2. The zero-order valence-corrected chi connectivity index (χ0v) is 13.6. The molecule has 0 spiro atoms. The first-order valence-corrected chi connectivity index (χ1v) is 7.94. The van der Waals surface area contributed by atoms with Gasteiger partial charge in [0.05, 0.1) is 28.1 Å². The van der Waals surface area contributed by atoms with Crippen LogP contribution in [0.4, 0.5) is 6.01 Å². The largest absolute Gasteiger partial charge is 0.402 e. The van der Waals surface area contributed by atoms with Crippen LogP contribution in [0.1, 0.15) is 21.1 Å². The quantitative estimate of drug-likeness (QED) is 0.593. The molecule has 1 aromatic carbocycles. The smallest absolute Gasteiger partial charge is 0.322 e. The molecule has 0 bridgehead atoms. The van der Waals surface area contributed by atoms with Crippen LogP contribution < -0.4 is 5.32 Å². The second-order valence-corrected chi connectivity index (χ2v) is 6.35. The summed E-state index contributed by atoms with van der Waals surface area (Å²) in [7, 11) is 0. The van der Waals surface area contributed by atoms with E-state index in [0.29, 0.717) is 11.5 Å². The van der Waals surface area contributed by atoms with Gasteiger partial charge >= 0.3 is 6.01 Å². The summed E-state index contributed by atoms with van der Waals surface area (Å²) in [5.74, 6) is 0.0105. The maximum atomic E-state index is 12.3. The molecule has 4 aromatic rings. The zero-order chi connectivity index (χ0) is 16.7. The highest BCUT2D eigenvalue weighted by Crippen LogP contribution is 2.29. The molecule has 1 amide bonds. The number of fused-ring (bicyclic) bond motifs is 1. The zero-order valence-electron chi connectivity index (χ0n) is 12.8. The maximum absolute atomic E-state index is 12.3. The van der Waals surface area contributed by atoms with E-state index in [2.05, 4.69) is 30.5 Å². The third-order valence-electron chi connectivity index (χ3n) is 3.43. The van der Waals surface area contributed by atoms with Gasteiger partial charge in [0.15, 0.2) is 0 Å². The summed E-state index contributed by atoms with van der Waals surface area (Å²) in [6, 6.07) is 5.21. The van der Waals surface area contributed by atoms with Gasteiger partial charge < -0.3 is 9.40 Å². The van der Waals surface area contributed by atoms with Gasteiger partial charge in [0, 0.05) is 5.56 Å². The Kier molecular flexibility index (Phi) is 3.35. The summed E-state index contributed by atoms with van der Waals surface area (Å²) in [6.45, 7) is 3.78. The lowest BCUT2D eigenvalue weighted by Gasteiger charge is -2.00. The number of anilines is 1. The molecule has 3 aromatic heterocycles. The number of hydrogen-bond acceptors (Lipinski definition) is 7.